The Morgan fingerprint density at radius 2 is 2.33 bits per heavy atom. The molecule has 0 heterocycles. The third kappa shape index (κ3) is 6.65. The van der Waals surface area contributed by atoms with Gasteiger partial charge in [0.15, 0.2) is 0 Å². The lowest BCUT2D eigenvalue weighted by atomic mass is 10.3. The van der Waals surface area contributed by atoms with Crippen molar-refractivity contribution in [1.82, 2.24) is 5.32 Å². The largest absolute Gasteiger partial charge is 0.491 e. The molecule has 0 radical (unpaired) electrons. The lowest BCUT2D eigenvalue weighted by Crippen LogP contribution is -2.31. The average Bonchev–Trinajstić information content (AvgIpc) is 2.36. The maximum atomic E-state index is 9.70. The van der Waals surface area contributed by atoms with Crippen LogP contribution in [0.4, 0.5) is 0 Å². The zero-order valence-electron chi connectivity index (χ0n) is 10.4. The number of ether oxygens (including phenoxy) is 1. The Hall–Kier alpha value is -1.02. The minimum absolute atomic E-state index is 0.281. The van der Waals surface area contributed by atoms with E-state index in [2.05, 4.69) is 33.1 Å². The topological polar surface area (TPSA) is 41.5 Å². The van der Waals surface area contributed by atoms with Gasteiger partial charge in [0.25, 0.3) is 0 Å². The molecule has 0 saturated heterocycles. The van der Waals surface area contributed by atoms with Crippen molar-refractivity contribution >= 4 is 15.9 Å². The van der Waals surface area contributed by atoms with Crippen LogP contribution in [0.1, 0.15) is 13.3 Å². The van der Waals surface area contributed by atoms with Crippen LogP contribution >= 0.6 is 15.9 Å². The average molecular weight is 312 g/mol. The molecule has 1 rings (SSSR count). The highest BCUT2D eigenvalue weighted by atomic mass is 79.9. The van der Waals surface area contributed by atoms with E-state index in [1.165, 1.54) is 0 Å². The first-order valence-corrected chi connectivity index (χ1v) is 6.68. The van der Waals surface area contributed by atoms with E-state index in [-0.39, 0.29) is 6.61 Å². The fourth-order valence-electron chi connectivity index (χ4n) is 1.35. The SMILES string of the molecule is CC#CCCNCC(O)COc1cccc(Br)c1. The van der Waals surface area contributed by atoms with Crippen molar-refractivity contribution in [2.75, 3.05) is 19.7 Å². The number of benzene rings is 1. The van der Waals surface area contributed by atoms with Crippen LogP contribution in [0.3, 0.4) is 0 Å². The van der Waals surface area contributed by atoms with Gasteiger partial charge in [-0.1, -0.05) is 22.0 Å². The van der Waals surface area contributed by atoms with Crippen molar-refractivity contribution in [3.63, 3.8) is 0 Å². The molecule has 98 valence electrons. The monoisotopic (exact) mass is 311 g/mol. The van der Waals surface area contributed by atoms with Gasteiger partial charge in [-0.15, -0.1) is 11.8 Å². The van der Waals surface area contributed by atoms with Crippen molar-refractivity contribution in [2.24, 2.45) is 0 Å². The summed E-state index contributed by atoms with van der Waals surface area (Å²) < 4.78 is 6.44. The van der Waals surface area contributed by atoms with Crippen molar-refractivity contribution in [1.29, 1.82) is 0 Å². The summed E-state index contributed by atoms with van der Waals surface area (Å²) in [6.45, 7) is 3.40. The van der Waals surface area contributed by atoms with Gasteiger partial charge in [0, 0.05) is 24.0 Å². The summed E-state index contributed by atoms with van der Waals surface area (Å²) in [6, 6.07) is 7.56. The number of aliphatic hydroxyl groups is 1. The molecule has 1 unspecified atom stereocenters. The Kier molecular flexibility index (Phi) is 7.51. The van der Waals surface area contributed by atoms with E-state index < -0.39 is 6.10 Å². The number of nitrogens with one attached hydrogen (secondary N) is 1. The molecule has 0 aliphatic carbocycles. The minimum Gasteiger partial charge on any atom is -0.491 e. The van der Waals surface area contributed by atoms with Crippen LogP contribution in [0.5, 0.6) is 5.75 Å². The van der Waals surface area contributed by atoms with Crippen molar-refractivity contribution in [2.45, 2.75) is 19.4 Å². The minimum atomic E-state index is -0.515. The van der Waals surface area contributed by atoms with E-state index >= 15 is 0 Å². The Morgan fingerprint density at radius 3 is 3.06 bits per heavy atom. The molecule has 0 aliphatic rings. The highest BCUT2D eigenvalue weighted by molar-refractivity contribution is 9.10. The summed E-state index contributed by atoms with van der Waals surface area (Å²) in [5.41, 5.74) is 0. The predicted molar refractivity (Wildman–Crippen MR) is 76.6 cm³/mol. The number of hydrogen-bond donors (Lipinski definition) is 2. The molecule has 3 nitrogen and oxygen atoms in total. The quantitative estimate of drug-likeness (QED) is 0.599. The van der Waals surface area contributed by atoms with E-state index in [9.17, 15) is 5.11 Å². The Balaban J connectivity index is 2.16. The first kappa shape index (κ1) is 15.0. The summed E-state index contributed by atoms with van der Waals surface area (Å²) in [6.07, 6.45) is 0.286. The zero-order chi connectivity index (χ0) is 13.2. The van der Waals surface area contributed by atoms with Gasteiger partial charge in [-0.05, 0) is 25.1 Å². The van der Waals surface area contributed by atoms with Crippen LogP contribution in [-0.4, -0.2) is 30.9 Å². The zero-order valence-corrected chi connectivity index (χ0v) is 12.0. The van der Waals surface area contributed by atoms with Crippen LogP contribution in [0, 0.1) is 11.8 Å². The summed E-state index contributed by atoms with van der Waals surface area (Å²) >= 11 is 3.37. The molecule has 0 aliphatic heterocycles. The normalized spacial score (nSPS) is 11.5. The van der Waals surface area contributed by atoms with Crippen molar-refractivity contribution in [3.8, 4) is 17.6 Å². The molecule has 1 aromatic carbocycles. The maximum Gasteiger partial charge on any atom is 0.120 e. The first-order valence-electron chi connectivity index (χ1n) is 5.89. The van der Waals surface area contributed by atoms with Gasteiger partial charge in [0.2, 0.25) is 0 Å². The van der Waals surface area contributed by atoms with Crippen molar-refractivity contribution in [3.05, 3.63) is 28.7 Å². The van der Waals surface area contributed by atoms with Gasteiger partial charge in [0.05, 0.1) is 0 Å². The van der Waals surface area contributed by atoms with Gasteiger partial charge in [0.1, 0.15) is 18.5 Å². The molecule has 0 saturated carbocycles. The number of halogens is 1. The molecule has 4 heteroatoms. The lowest BCUT2D eigenvalue weighted by molar-refractivity contribution is 0.107. The van der Waals surface area contributed by atoms with Gasteiger partial charge in [-0.3, -0.25) is 0 Å². The first-order chi connectivity index (χ1) is 8.72. The van der Waals surface area contributed by atoms with Gasteiger partial charge < -0.3 is 15.2 Å². The molecular formula is C14H18BrNO2. The fraction of sp³-hybridized carbons (Fsp3) is 0.429. The van der Waals surface area contributed by atoms with Crippen LogP contribution in [0.25, 0.3) is 0 Å². The van der Waals surface area contributed by atoms with Crippen LogP contribution < -0.4 is 10.1 Å². The number of rotatable bonds is 7. The molecule has 1 atom stereocenters. The Bertz CT molecular complexity index is 412. The molecule has 0 amide bonds. The molecule has 0 aromatic heterocycles. The summed E-state index contributed by atoms with van der Waals surface area (Å²) in [5.74, 6) is 6.53. The van der Waals surface area contributed by atoms with Gasteiger partial charge in [-0.2, -0.15) is 0 Å². The Labute approximate surface area is 117 Å². The molecule has 0 fully saturated rings. The second kappa shape index (κ2) is 8.98. The van der Waals surface area contributed by atoms with Crippen LogP contribution in [0.15, 0.2) is 28.7 Å². The van der Waals surface area contributed by atoms with E-state index in [1.807, 2.05) is 31.2 Å². The molecule has 18 heavy (non-hydrogen) atoms. The van der Waals surface area contributed by atoms with E-state index in [0.29, 0.717) is 6.54 Å². The number of aliphatic hydroxyl groups excluding tert-OH is 1. The predicted octanol–water partition coefficient (Wildman–Crippen LogP) is 2.19. The summed E-state index contributed by atoms with van der Waals surface area (Å²) in [5, 5.41) is 12.8. The molecule has 1 aromatic rings. The standard InChI is InChI=1S/C14H18BrNO2/c1-2-3-4-8-16-10-13(17)11-18-14-7-5-6-12(15)9-14/h5-7,9,13,16-17H,4,8,10-11H2,1H3. The van der Waals surface area contributed by atoms with Gasteiger partial charge in [-0.25, -0.2) is 0 Å². The fourth-order valence-corrected chi connectivity index (χ4v) is 1.73. The number of hydrogen-bond acceptors (Lipinski definition) is 3. The maximum absolute atomic E-state index is 9.70. The molecule has 0 spiro atoms. The molecule has 2 N–H and O–H groups in total. The van der Waals surface area contributed by atoms with Crippen molar-refractivity contribution < 1.29 is 9.84 Å². The third-order valence-electron chi connectivity index (χ3n) is 2.22. The van der Waals surface area contributed by atoms with E-state index in [0.717, 1.165) is 23.2 Å². The highest BCUT2D eigenvalue weighted by Gasteiger charge is 2.04. The molecule has 0 bridgehead atoms. The lowest BCUT2D eigenvalue weighted by Gasteiger charge is -2.12. The highest BCUT2D eigenvalue weighted by Crippen LogP contribution is 2.17. The summed E-state index contributed by atoms with van der Waals surface area (Å²) in [4.78, 5) is 0. The third-order valence-corrected chi connectivity index (χ3v) is 2.72. The van der Waals surface area contributed by atoms with Crippen LogP contribution in [-0.2, 0) is 0 Å². The van der Waals surface area contributed by atoms with Gasteiger partial charge >= 0.3 is 0 Å². The smallest absolute Gasteiger partial charge is 0.120 e. The molecular weight excluding hydrogens is 294 g/mol. The Morgan fingerprint density at radius 1 is 1.50 bits per heavy atom. The van der Waals surface area contributed by atoms with E-state index in [4.69, 9.17) is 4.74 Å². The van der Waals surface area contributed by atoms with E-state index in [1.54, 1.807) is 0 Å². The second-order valence-corrected chi connectivity index (χ2v) is 4.72. The second-order valence-electron chi connectivity index (χ2n) is 3.80. The summed E-state index contributed by atoms with van der Waals surface area (Å²) in [7, 11) is 0. The van der Waals surface area contributed by atoms with Crippen LogP contribution in [0.2, 0.25) is 0 Å².